The molecule has 1 unspecified atom stereocenters. The van der Waals surface area contributed by atoms with Crippen molar-refractivity contribution in [2.45, 2.75) is 77.4 Å². The van der Waals surface area contributed by atoms with Crippen LogP contribution >= 0.6 is 0 Å². The summed E-state index contributed by atoms with van der Waals surface area (Å²) in [6, 6.07) is 9.51. The predicted octanol–water partition coefficient (Wildman–Crippen LogP) is 4.85. The van der Waals surface area contributed by atoms with E-state index in [1.54, 1.807) is 0 Å². The number of rotatable bonds is 8. The lowest BCUT2D eigenvalue weighted by Crippen LogP contribution is -2.64. The molecule has 1 aliphatic heterocycles. The summed E-state index contributed by atoms with van der Waals surface area (Å²) in [5.74, 6) is -0.137. The highest BCUT2D eigenvalue weighted by molar-refractivity contribution is 6.67. The van der Waals surface area contributed by atoms with Crippen molar-refractivity contribution in [3.63, 3.8) is 0 Å². The first kappa shape index (κ1) is 21.9. The van der Waals surface area contributed by atoms with Crippen molar-refractivity contribution in [1.29, 1.82) is 0 Å². The summed E-state index contributed by atoms with van der Waals surface area (Å²) in [5, 5.41) is -0.0469. The molecule has 1 aromatic carbocycles. The van der Waals surface area contributed by atoms with Crippen molar-refractivity contribution in [2.75, 3.05) is 0 Å². The van der Waals surface area contributed by atoms with Crippen molar-refractivity contribution >= 4 is 12.9 Å². The van der Waals surface area contributed by atoms with Gasteiger partial charge in [0.1, 0.15) is 6.61 Å². The van der Waals surface area contributed by atoms with Gasteiger partial charge in [0.15, 0.2) is 0 Å². The molecule has 0 amide bonds. The average molecular weight is 395 g/mol. The van der Waals surface area contributed by atoms with Crippen LogP contribution in [0.3, 0.4) is 0 Å². The molecular weight excluding hydrogens is 361 g/mol. The molecule has 5 heteroatoms. The van der Waals surface area contributed by atoms with Crippen LogP contribution in [0.25, 0.3) is 0 Å². The number of esters is 1. The van der Waals surface area contributed by atoms with Gasteiger partial charge in [-0.2, -0.15) is 0 Å². The second-order valence-corrected chi connectivity index (χ2v) is 9.73. The first-order chi connectivity index (χ1) is 13.5. The molecule has 2 fully saturated rings. The van der Waals surface area contributed by atoms with Crippen LogP contribution in [-0.4, -0.2) is 24.5 Å². The van der Waals surface area contributed by atoms with Crippen LogP contribution in [0.4, 0.5) is 0 Å². The van der Waals surface area contributed by atoms with E-state index in [-0.39, 0.29) is 29.8 Å². The predicted molar refractivity (Wildman–Crippen MR) is 118 cm³/mol. The fourth-order valence-corrected chi connectivity index (χ4v) is 4.16. The van der Waals surface area contributed by atoms with Gasteiger partial charge in [-0.1, -0.05) is 67.9 Å². The monoisotopic (exact) mass is 395 g/mol. The molecule has 3 rings (SSSR count). The maximum absolute atomic E-state index is 12.8. The molecule has 1 aromatic rings. The van der Waals surface area contributed by atoms with Crippen LogP contribution in [0, 0.1) is 5.41 Å². The maximum atomic E-state index is 12.8. The van der Waals surface area contributed by atoms with E-state index in [0.29, 0.717) is 13.0 Å². The summed E-state index contributed by atoms with van der Waals surface area (Å²) < 4.78 is 11.9. The van der Waals surface area contributed by atoms with Gasteiger partial charge in [0.25, 0.3) is 0 Å². The summed E-state index contributed by atoms with van der Waals surface area (Å²) in [6.45, 7) is 14.8. The van der Waals surface area contributed by atoms with Gasteiger partial charge in [-0.3, -0.25) is 4.79 Å². The van der Waals surface area contributed by atoms with Gasteiger partial charge in [-0.25, -0.2) is 0 Å². The Kier molecular flexibility index (Phi) is 5.85. The molecule has 0 aromatic heterocycles. The zero-order valence-corrected chi connectivity index (χ0v) is 18.5. The van der Waals surface area contributed by atoms with Gasteiger partial charge in [0, 0.05) is 17.0 Å². The molecule has 0 radical (unpaired) electrons. The second kappa shape index (κ2) is 7.77. The van der Waals surface area contributed by atoms with E-state index in [0.717, 1.165) is 29.5 Å². The number of carbonyl (C=O) groups excluding carboxylic acids is 1. The topological polar surface area (TPSA) is 61.5 Å². The fraction of sp³-hybridized carbons (Fsp3) is 0.542. The standard InChI is InChI=1S/C24H34BNO3/c1-7-17(2)20(25-22(3,4)23(5,6)29-25)19(26)15-24(13-14-24)21(27)28-16-18-11-9-8-10-12-18/h7-12,19H,1,13-16,26H2,2-6H3/b20-17+. The van der Waals surface area contributed by atoms with Gasteiger partial charge >= 0.3 is 12.9 Å². The SMILES string of the molecule is C=C/C(C)=C(/B1OC(C)(C)C1(C)C)C(N)CC1(C(=O)OCc2ccccc2)CC1. The Labute approximate surface area is 175 Å². The molecule has 0 bridgehead atoms. The summed E-state index contributed by atoms with van der Waals surface area (Å²) in [5.41, 5.74) is 9.11. The highest BCUT2D eigenvalue weighted by Gasteiger charge is 2.62. The minimum atomic E-state index is -0.468. The smallest absolute Gasteiger partial charge is 0.333 e. The Morgan fingerprint density at radius 2 is 1.90 bits per heavy atom. The molecule has 29 heavy (non-hydrogen) atoms. The molecule has 0 spiro atoms. The van der Waals surface area contributed by atoms with E-state index < -0.39 is 5.41 Å². The Bertz CT molecular complexity index is 809. The first-order valence-electron chi connectivity index (χ1n) is 10.5. The van der Waals surface area contributed by atoms with Crippen molar-refractivity contribution < 1.29 is 14.2 Å². The maximum Gasteiger partial charge on any atom is 0.333 e. The van der Waals surface area contributed by atoms with E-state index >= 15 is 0 Å². The molecule has 1 saturated carbocycles. The highest BCUT2D eigenvalue weighted by atomic mass is 16.5. The third-order valence-electron chi connectivity index (χ3n) is 7.17. The van der Waals surface area contributed by atoms with Crippen molar-refractivity contribution in [3.8, 4) is 0 Å². The number of ether oxygens (including phenoxy) is 1. The van der Waals surface area contributed by atoms with Crippen molar-refractivity contribution in [2.24, 2.45) is 11.1 Å². The zero-order valence-electron chi connectivity index (χ0n) is 18.5. The molecule has 2 N–H and O–H groups in total. The van der Waals surface area contributed by atoms with Crippen LogP contribution < -0.4 is 5.73 Å². The van der Waals surface area contributed by atoms with E-state index in [1.807, 2.05) is 43.3 Å². The minimum absolute atomic E-state index is 0.0469. The van der Waals surface area contributed by atoms with Crippen LogP contribution in [0.15, 0.2) is 54.0 Å². The van der Waals surface area contributed by atoms with Gasteiger partial charge < -0.3 is 15.1 Å². The van der Waals surface area contributed by atoms with Crippen LogP contribution in [-0.2, 0) is 20.8 Å². The van der Waals surface area contributed by atoms with Crippen molar-refractivity contribution in [3.05, 3.63) is 59.6 Å². The molecule has 156 valence electrons. The summed E-state index contributed by atoms with van der Waals surface area (Å²) in [6.07, 6.45) is 4.08. The third kappa shape index (κ3) is 4.08. The summed E-state index contributed by atoms with van der Waals surface area (Å²) >= 11 is 0. The van der Waals surface area contributed by atoms with Crippen LogP contribution in [0.2, 0.25) is 5.31 Å². The molecule has 2 aliphatic rings. The van der Waals surface area contributed by atoms with Crippen molar-refractivity contribution in [1.82, 2.24) is 0 Å². The lowest BCUT2D eigenvalue weighted by atomic mass is 9.31. The Morgan fingerprint density at radius 3 is 2.38 bits per heavy atom. The highest BCUT2D eigenvalue weighted by Crippen LogP contribution is 2.57. The summed E-state index contributed by atoms with van der Waals surface area (Å²) in [4.78, 5) is 12.8. The zero-order chi connectivity index (χ0) is 21.4. The fourth-order valence-electron chi connectivity index (χ4n) is 4.16. The number of allylic oxidation sites excluding steroid dienone is 2. The first-order valence-corrected chi connectivity index (χ1v) is 10.5. The lowest BCUT2D eigenvalue weighted by Gasteiger charge is -2.58. The molecule has 1 aliphatic carbocycles. The van der Waals surface area contributed by atoms with E-state index in [2.05, 4.69) is 34.3 Å². The van der Waals surface area contributed by atoms with Crippen LogP contribution in [0.5, 0.6) is 0 Å². The van der Waals surface area contributed by atoms with E-state index in [9.17, 15) is 4.79 Å². The van der Waals surface area contributed by atoms with E-state index in [4.69, 9.17) is 15.1 Å². The summed E-state index contributed by atoms with van der Waals surface area (Å²) in [7, 11) is 0. The van der Waals surface area contributed by atoms with Gasteiger partial charge in [0.05, 0.1) is 5.41 Å². The number of nitrogens with two attached hydrogens (primary N) is 1. The van der Waals surface area contributed by atoms with Gasteiger partial charge in [0.2, 0.25) is 0 Å². The molecular formula is C24H34BNO3. The normalized spacial score (nSPS) is 22.8. The Hall–Kier alpha value is -1.85. The van der Waals surface area contributed by atoms with Gasteiger partial charge in [-0.05, 0) is 45.6 Å². The number of hydrogen-bond donors (Lipinski definition) is 1. The Balaban J connectivity index is 1.70. The molecule has 4 nitrogen and oxygen atoms in total. The van der Waals surface area contributed by atoms with Crippen LogP contribution in [0.1, 0.15) is 59.4 Å². The van der Waals surface area contributed by atoms with Gasteiger partial charge in [-0.15, -0.1) is 0 Å². The second-order valence-electron chi connectivity index (χ2n) is 9.73. The molecule has 1 atom stereocenters. The quantitative estimate of drug-likeness (QED) is 0.388. The number of carbonyl (C=O) groups is 1. The molecule has 1 heterocycles. The molecule has 1 saturated heterocycles. The number of hydrogen-bond acceptors (Lipinski definition) is 4. The Morgan fingerprint density at radius 1 is 1.28 bits per heavy atom. The third-order valence-corrected chi connectivity index (χ3v) is 7.17. The number of benzene rings is 1. The average Bonchev–Trinajstić information content (AvgIpc) is 3.46. The van der Waals surface area contributed by atoms with E-state index in [1.165, 1.54) is 0 Å². The lowest BCUT2D eigenvalue weighted by molar-refractivity contribution is -0.152. The largest absolute Gasteiger partial charge is 0.460 e. The minimum Gasteiger partial charge on any atom is -0.460 e.